The smallest absolute Gasteiger partial charge is 0.236 e. The minimum atomic E-state index is -0.430. The molecular formula is C8H14N4O2. The number of carbonyl (C=O) groups excluding carboxylic acids is 1. The molecule has 0 fully saturated rings. The number of hydrogen-bond donors (Lipinski definition) is 2. The fraction of sp³-hybridized carbons (Fsp3) is 0.625. The van der Waals surface area contributed by atoms with Crippen molar-refractivity contribution in [1.82, 2.24) is 15.5 Å². The van der Waals surface area contributed by atoms with Crippen molar-refractivity contribution in [3.63, 3.8) is 0 Å². The van der Waals surface area contributed by atoms with Crippen LogP contribution in [0.4, 0.5) is 0 Å². The molecule has 1 unspecified atom stereocenters. The van der Waals surface area contributed by atoms with E-state index in [0.29, 0.717) is 25.2 Å². The molecule has 78 valence electrons. The lowest BCUT2D eigenvalue weighted by molar-refractivity contribution is -0.122. The zero-order valence-corrected chi connectivity index (χ0v) is 8.06. The van der Waals surface area contributed by atoms with Crippen LogP contribution in [0.5, 0.6) is 0 Å². The van der Waals surface area contributed by atoms with E-state index >= 15 is 0 Å². The molecule has 0 aromatic carbocycles. The highest BCUT2D eigenvalue weighted by Crippen LogP contribution is 1.89. The molecule has 6 nitrogen and oxygen atoms in total. The van der Waals surface area contributed by atoms with E-state index < -0.39 is 6.04 Å². The number of rotatable bonds is 5. The first-order valence-electron chi connectivity index (χ1n) is 4.52. The van der Waals surface area contributed by atoms with Crippen LogP contribution in [0.2, 0.25) is 0 Å². The van der Waals surface area contributed by atoms with Gasteiger partial charge in [0.25, 0.3) is 0 Å². The third-order valence-electron chi connectivity index (χ3n) is 1.83. The van der Waals surface area contributed by atoms with Crippen LogP contribution in [0.25, 0.3) is 0 Å². The van der Waals surface area contributed by atoms with Crippen molar-refractivity contribution in [2.24, 2.45) is 5.73 Å². The van der Waals surface area contributed by atoms with Crippen molar-refractivity contribution in [2.75, 3.05) is 6.54 Å². The zero-order chi connectivity index (χ0) is 10.4. The largest absolute Gasteiger partial charge is 0.354 e. The summed E-state index contributed by atoms with van der Waals surface area (Å²) in [4.78, 5) is 15.0. The average Bonchev–Trinajstić information content (AvgIpc) is 2.69. The van der Waals surface area contributed by atoms with Gasteiger partial charge in [-0.2, -0.15) is 4.98 Å². The summed E-state index contributed by atoms with van der Waals surface area (Å²) in [6, 6.07) is -0.430. The number of carbonyl (C=O) groups is 1. The quantitative estimate of drug-likeness (QED) is 0.663. The maximum Gasteiger partial charge on any atom is 0.236 e. The second-order valence-electron chi connectivity index (χ2n) is 2.90. The number of nitrogens with one attached hydrogen (secondary N) is 1. The van der Waals surface area contributed by atoms with Gasteiger partial charge in [0.1, 0.15) is 0 Å². The second-order valence-corrected chi connectivity index (χ2v) is 2.90. The first-order chi connectivity index (χ1) is 6.74. The Balaban J connectivity index is 2.18. The van der Waals surface area contributed by atoms with Gasteiger partial charge in [0, 0.05) is 13.0 Å². The van der Waals surface area contributed by atoms with Crippen molar-refractivity contribution >= 4 is 5.91 Å². The Morgan fingerprint density at radius 2 is 2.57 bits per heavy atom. The summed E-state index contributed by atoms with van der Waals surface area (Å²) in [5.41, 5.74) is 5.51. The third-order valence-corrected chi connectivity index (χ3v) is 1.83. The van der Waals surface area contributed by atoms with Gasteiger partial charge >= 0.3 is 0 Å². The molecule has 0 aliphatic heterocycles. The highest BCUT2D eigenvalue weighted by Gasteiger charge is 2.09. The predicted molar refractivity (Wildman–Crippen MR) is 49.3 cm³/mol. The van der Waals surface area contributed by atoms with Crippen LogP contribution in [-0.4, -0.2) is 28.6 Å². The van der Waals surface area contributed by atoms with Crippen LogP contribution in [0.3, 0.4) is 0 Å². The Bertz CT molecular complexity index is 273. The highest BCUT2D eigenvalue weighted by atomic mass is 16.5. The van der Waals surface area contributed by atoms with Gasteiger partial charge in [-0.15, -0.1) is 0 Å². The van der Waals surface area contributed by atoms with Gasteiger partial charge in [0.2, 0.25) is 12.3 Å². The van der Waals surface area contributed by atoms with Gasteiger partial charge in [-0.05, 0) is 6.42 Å². The first kappa shape index (κ1) is 10.6. The van der Waals surface area contributed by atoms with E-state index in [0.717, 1.165) is 0 Å². The van der Waals surface area contributed by atoms with E-state index in [4.69, 9.17) is 5.73 Å². The maximum atomic E-state index is 11.2. The SMILES string of the molecule is CCC(N)C(=O)NCCc1ncon1. The lowest BCUT2D eigenvalue weighted by atomic mass is 10.2. The molecule has 1 aromatic rings. The minimum absolute atomic E-state index is 0.143. The summed E-state index contributed by atoms with van der Waals surface area (Å²) in [6.07, 6.45) is 2.45. The van der Waals surface area contributed by atoms with Crippen LogP contribution in [0.1, 0.15) is 19.2 Å². The molecule has 0 spiro atoms. The van der Waals surface area contributed by atoms with Gasteiger partial charge in [-0.1, -0.05) is 12.1 Å². The molecule has 6 heteroatoms. The number of nitrogens with zero attached hydrogens (tertiary/aromatic N) is 2. The molecule has 3 N–H and O–H groups in total. The highest BCUT2D eigenvalue weighted by molar-refractivity contribution is 5.81. The van der Waals surface area contributed by atoms with E-state index in [-0.39, 0.29) is 5.91 Å². The fourth-order valence-electron chi connectivity index (χ4n) is 0.917. The Kier molecular flexibility index (Phi) is 4.06. The van der Waals surface area contributed by atoms with Crippen molar-refractivity contribution in [3.8, 4) is 0 Å². The summed E-state index contributed by atoms with van der Waals surface area (Å²) < 4.78 is 4.54. The summed E-state index contributed by atoms with van der Waals surface area (Å²) in [6.45, 7) is 2.34. The van der Waals surface area contributed by atoms with Crippen molar-refractivity contribution in [3.05, 3.63) is 12.2 Å². The Morgan fingerprint density at radius 3 is 3.14 bits per heavy atom. The number of hydrogen-bond acceptors (Lipinski definition) is 5. The Morgan fingerprint density at radius 1 is 1.79 bits per heavy atom. The molecule has 1 heterocycles. The molecule has 1 amide bonds. The summed E-state index contributed by atoms with van der Waals surface area (Å²) in [5, 5.41) is 6.30. The van der Waals surface area contributed by atoms with E-state index in [9.17, 15) is 4.79 Å². The lowest BCUT2D eigenvalue weighted by Crippen LogP contribution is -2.40. The van der Waals surface area contributed by atoms with Gasteiger partial charge in [0.05, 0.1) is 6.04 Å². The third kappa shape index (κ3) is 3.14. The average molecular weight is 198 g/mol. The van der Waals surface area contributed by atoms with Crippen LogP contribution < -0.4 is 11.1 Å². The van der Waals surface area contributed by atoms with Crippen LogP contribution in [0, 0.1) is 0 Å². The van der Waals surface area contributed by atoms with E-state index in [1.165, 1.54) is 6.39 Å². The van der Waals surface area contributed by atoms with Crippen molar-refractivity contribution < 1.29 is 9.32 Å². The number of nitrogens with two attached hydrogens (primary N) is 1. The lowest BCUT2D eigenvalue weighted by Gasteiger charge is -2.08. The molecule has 0 aliphatic carbocycles. The normalized spacial score (nSPS) is 12.4. The zero-order valence-electron chi connectivity index (χ0n) is 8.06. The first-order valence-corrected chi connectivity index (χ1v) is 4.52. The molecule has 14 heavy (non-hydrogen) atoms. The summed E-state index contributed by atoms with van der Waals surface area (Å²) in [5.74, 6) is 0.436. The van der Waals surface area contributed by atoms with Gasteiger partial charge in [-0.25, -0.2) is 0 Å². The molecule has 0 bridgehead atoms. The Labute approximate surface area is 81.9 Å². The van der Waals surface area contributed by atoms with Gasteiger partial charge < -0.3 is 15.6 Å². The summed E-state index contributed by atoms with van der Waals surface area (Å²) >= 11 is 0. The fourth-order valence-corrected chi connectivity index (χ4v) is 0.917. The van der Waals surface area contributed by atoms with E-state index in [1.54, 1.807) is 0 Å². The van der Waals surface area contributed by atoms with Crippen LogP contribution in [0.15, 0.2) is 10.9 Å². The van der Waals surface area contributed by atoms with Crippen molar-refractivity contribution in [2.45, 2.75) is 25.8 Å². The molecule has 1 aromatic heterocycles. The molecule has 0 aliphatic rings. The van der Waals surface area contributed by atoms with E-state index in [1.807, 2.05) is 6.92 Å². The molecular weight excluding hydrogens is 184 g/mol. The van der Waals surface area contributed by atoms with E-state index in [2.05, 4.69) is 20.0 Å². The molecule has 0 saturated carbocycles. The standard InChI is InChI=1S/C8H14N4O2/c1-2-6(9)8(13)10-4-3-7-11-5-14-12-7/h5-6H,2-4,9H2,1H3,(H,10,13). The molecule has 1 rings (SSSR count). The predicted octanol–water partition coefficient (Wildman–Crippen LogP) is -0.534. The molecule has 0 saturated heterocycles. The number of aromatic nitrogens is 2. The van der Waals surface area contributed by atoms with Crippen molar-refractivity contribution in [1.29, 1.82) is 0 Å². The minimum Gasteiger partial charge on any atom is -0.354 e. The topological polar surface area (TPSA) is 94.0 Å². The molecule has 0 radical (unpaired) electrons. The monoisotopic (exact) mass is 198 g/mol. The van der Waals surface area contributed by atoms with Crippen LogP contribution >= 0.6 is 0 Å². The second kappa shape index (κ2) is 5.33. The van der Waals surface area contributed by atoms with Gasteiger partial charge in [-0.3, -0.25) is 4.79 Å². The summed E-state index contributed by atoms with van der Waals surface area (Å²) in [7, 11) is 0. The number of amides is 1. The maximum absolute atomic E-state index is 11.2. The Hall–Kier alpha value is -1.43. The van der Waals surface area contributed by atoms with Gasteiger partial charge in [0.15, 0.2) is 5.82 Å². The van der Waals surface area contributed by atoms with Crippen LogP contribution in [-0.2, 0) is 11.2 Å². The molecule has 1 atom stereocenters.